The first kappa shape index (κ1) is 19.2. The van der Waals surface area contributed by atoms with Crippen LogP contribution in [0.25, 0.3) is 12.2 Å². The molecular formula is C22H26N4. The molecule has 4 heteroatoms. The highest BCUT2D eigenvalue weighted by Gasteiger charge is 1.93. The fourth-order valence-electron chi connectivity index (χ4n) is 2.23. The van der Waals surface area contributed by atoms with Gasteiger partial charge in [0.2, 0.25) is 0 Å². The molecule has 0 heterocycles. The van der Waals surface area contributed by atoms with E-state index in [1.165, 1.54) is 11.4 Å². The zero-order valence-electron chi connectivity index (χ0n) is 15.9. The van der Waals surface area contributed by atoms with Crippen molar-refractivity contribution in [2.45, 2.75) is 0 Å². The van der Waals surface area contributed by atoms with E-state index >= 15 is 0 Å². The molecule has 0 amide bonds. The number of allylic oxidation sites excluding steroid dienone is 2. The van der Waals surface area contributed by atoms with Gasteiger partial charge in [-0.3, -0.25) is 0 Å². The van der Waals surface area contributed by atoms with Gasteiger partial charge in [-0.15, -0.1) is 0 Å². The molecule has 26 heavy (non-hydrogen) atoms. The molecule has 0 saturated carbocycles. The minimum absolute atomic E-state index is 1.13. The minimum atomic E-state index is 1.13. The third-order valence-electron chi connectivity index (χ3n) is 3.77. The Hall–Kier alpha value is -3.14. The van der Waals surface area contributed by atoms with Gasteiger partial charge in [-0.25, -0.2) is 0 Å². The van der Waals surface area contributed by atoms with Crippen LogP contribution >= 0.6 is 0 Å². The second kappa shape index (κ2) is 9.99. The summed E-state index contributed by atoms with van der Waals surface area (Å²) >= 11 is 0. The maximum absolute atomic E-state index is 3.99. The molecule has 0 spiro atoms. The number of rotatable bonds is 7. The molecule has 2 aromatic carbocycles. The van der Waals surface area contributed by atoms with E-state index in [1.807, 2.05) is 52.5 Å². The summed E-state index contributed by atoms with van der Waals surface area (Å²) in [6.07, 6.45) is 11.1. The van der Waals surface area contributed by atoms with Crippen molar-refractivity contribution >= 4 is 36.0 Å². The van der Waals surface area contributed by atoms with Gasteiger partial charge >= 0.3 is 0 Å². The number of hydrogen-bond donors (Lipinski definition) is 0. The Morgan fingerprint density at radius 3 is 1.23 bits per heavy atom. The largest absolute Gasteiger partial charge is 0.378 e. The molecule has 0 saturated heterocycles. The highest BCUT2D eigenvalue weighted by atomic mass is 15.2. The lowest BCUT2D eigenvalue weighted by molar-refractivity contribution is 1.13. The lowest BCUT2D eigenvalue weighted by Crippen LogP contribution is -2.07. The second-order valence-corrected chi connectivity index (χ2v) is 6.22. The zero-order chi connectivity index (χ0) is 18.8. The summed E-state index contributed by atoms with van der Waals surface area (Å²) < 4.78 is 0. The van der Waals surface area contributed by atoms with Crippen LogP contribution in [-0.2, 0) is 0 Å². The van der Waals surface area contributed by atoms with Crippen LogP contribution in [0.2, 0.25) is 0 Å². The number of benzene rings is 2. The van der Waals surface area contributed by atoms with Gasteiger partial charge in [-0.05, 0) is 47.5 Å². The molecule has 0 N–H and O–H groups in total. The van der Waals surface area contributed by atoms with E-state index < -0.39 is 0 Å². The Morgan fingerprint density at radius 1 is 0.577 bits per heavy atom. The monoisotopic (exact) mass is 346 g/mol. The maximum atomic E-state index is 3.99. The lowest BCUT2D eigenvalue weighted by atomic mass is 10.2. The van der Waals surface area contributed by atoms with Gasteiger partial charge < -0.3 is 9.80 Å². The second-order valence-electron chi connectivity index (χ2n) is 6.22. The summed E-state index contributed by atoms with van der Waals surface area (Å²) in [4.78, 5) is 4.15. The first-order chi connectivity index (χ1) is 12.6. The Bertz CT molecular complexity index is 710. The molecule has 4 nitrogen and oxygen atoms in total. The van der Waals surface area contributed by atoms with E-state index in [9.17, 15) is 0 Å². The van der Waals surface area contributed by atoms with Crippen LogP contribution in [0.5, 0.6) is 0 Å². The summed E-state index contributed by atoms with van der Waals surface area (Å²) in [5.41, 5.74) is 4.63. The van der Waals surface area contributed by atoms with Gasteiger partial charge in [0, 0.05) is 52.0 Å². The molecular weight excluding hydrogens is 320 g/mol. The number of nitrogens with zero attached hydrogens (tertiary/aromatic N) is 4. The zero-order valence-corrected chi connectivity index (χ0v) is 15.9. The Labute approximate surface area is 156 Å². The van der Waals surface area contributed by atoms with Gasteiger partial charge in [0.1, 0.15) is 0 Å². The normalized spacial score (nSPS) is 12.0. The smallest absolute Gasteiger partial charge is 0.0495 e. The van der Waals surface area contributed by atoms with Crippen molar-refractivity contribution in [2.24, 2.45) is 10.2 Å². The predicted octanol–water partition coefficient (Wildman–Crippen LogP) is 4.60. The van der Waals surface area contributed by atoms with Crippen LogP contribution in [0.3, 0.4) is 0 Å². The molecule has 2 rings (SSSR count). The average molecular weight is 346 g/mol. The third-order valence-corrected chi connectivity index (χ3v) is 3.77. The van der Waals surface area contributed by atoms with Crippen LogP contribution in [0.15, 0.2) is 70.9 Å². The van der Waals surface area contributed by atoms with Gasteiger partial charge in [0.15, 0.2) is 0 Å². The number of anilines is 2. The van der Waals surface area contributed by atoms with Crippen molar-refractivity contribution in [3.8, 4) is 0 Å². The van der Waals surface area contributed by atoms with Crippen molar-refractivity contribution in [3.63, 3.8) is 0 Å². The molecule has 0 aliphatic heterocycles. The first-order valence-electron chi connectivity index (χ1n) is 8.51. The average Bonchev–Trinajstić information content (AvgIpc) is 2.64. The van der Waals surface area contributed by atoms with Gasteiger partial charge in [0.25, 0.3) is 0 Å². The van der Waals surface area contributed by atoms with Gasteiger partial charge in [-0.2, -0.15) is 10.2 Å². The van der Waals surface area contributed by atoms with Gasteiger partial charge in [-0.1, -0.05) is 36.4 Å². The topological polar surface area (TPSA) is 31.2 Å². The Balaban J connectivity index is 1.80. The van der Waals surface area contributed by atoms with Crippen molar-refractivity contribution in [3.05, 3.63) is 71.8 Å². The molecule has 134 valence electrons. The molecule has 0 radical (unpaired) electrons. The van der Waals surface area contributed by atoms with Crippen molar-refractivity contribution in [2.75, 3.05) is 38.0 Å². The predicted molar refractivity (Wildman–Crippen MR) is 117 cm³/mol. The van der Waals surface area contributed by atoms with E-state index in [-0.39, 0.29) is 0 Å². The summed E-state index contributed by atoms with van der Waals surface area (Å²) in [7, 11) is 8.12. The molecule has 2 aromatic rings. The summed E-state index contributed by atoms with van der Waals surface area (Å²) in [6, 6.07) is 16.7. The van der Waals surface area contributed by atoms with E-state index in [0.29, 0.717) is 0 Å². The van der Waals surface area contributed by atoms with Gasteiger partial charge in [0.05, 0.1) is 0 Å². The highest BCUT2D eigenvalue weighted by Crippen LogP contribution is 2.13. The third kappa shape index (κ3) is 6.40. The summed E-state index contributed by atoms with van der Waals surface area (Å²) in [5, 5.41) is 7.98. The van der Waals surface area contributed by atoms with Crippen LogP contribution in [0.1, 0.15) is 11.1 Å². The van der Waals surface area contributed by atoms with E-state index in [4.69, 9.17) is 0 Å². The molecule has 0 unspecified atom stereocenters. The highest BCUT2D eigenvalue weighted by molar-refractivity contribution is 5.81. The maximum Gasteiger partial charge on any atom is 0.0495 e. The SMILES string of the molecule is CN(C)c1ccc(/C=C/C=N/N=C/C=C/c2ccc(N(C)C)cc2)cc1. The molecule has 0 aromatic heterocycles. The van der Waals surface area contributed by atoms with Crippen LogP contribution in [-0.4, -0.2) is 40.6 Å². The molecule has 0 bridgehead atoms. The Morgan fingerprint density at radius 2 is 0.923 bits per heavy atom. The van der Waals surface area contributed by atoms with Crippen LogP contribution < -0.4 is 9.80 Å². The van der Waals surface area contributed by atoms with E-state index in [2.05, 4.69) is 68.5 Å². The summed E-state index contributed by atoms with van der Waals surface area (Å²) in [5.74, 6) is 0. The van der Waals surface area contributed by atoms with E-state index in [1.54, 1.807) is 12.4 Å². The minimum Gasteiger partial charge on any atom is -0.378 e. The summed E-state index contributed by atoms with van der Waals surface area (Å²) in [6.45, 7) is 0. The van der Waals surface area contributed by atoms with Crippen molar-refractivity contribution in [1.82, 2.24) is 0 Å². The fraction of sp³-hybridized carbons (Fsp3) is 0.182. The molecule has 0 aliphatic carbocycles. The van der Waals surface area contributed by atoms with Crippen LogP contribution in [0.4, 0.5) is 11.4 Å². The fourth-order valence-corrected chi connectivity index (χ4v) is 2.23. The standard InChI is InChI=1S/C22H26N4/c1-25(2)21-13-9-19(10-14-21)7-5-17-23-24-18-6-8-20-11-15-22(16-12-20)26(3)4/h5-18H,1-4H3/b7-5+,8-6+,23-17+,24-18+. The van der Waals surface area contributed by atoms with Crippen molar-refractivity contribution < 1.29 is 0 Å². The quantitative estimate of drug-likeness (QED) is 0.542. The first-order valence-corrected chi connectivity index (χ1v) is 8.51. The molecule has 0 aliphatic rings. The number of hydrogen-bond acceptors (Lipinski definition) is 4. The van der Waals surface area contributed by atoms with Crippen molar-refractivity contribution in [1.29, 1.82) is 0 Å². The van der Waals surface area contributed by atoms with Crippen LogP contribution in [0, 0.1) is 0 Å². The lowest BCUT2D eigenvalue weighted by Gasteiger charge is -2.11. The molecule has 0 atom stereocenters. The van der Waals surface area contributed by atoms with E-state index in [0.717, 1.165) is 11.1 Å². The Kier molecular flexibility index (Phi) is 7.37. The molecule has 0 fully saturated rings.